The molecule has 0 bridgehead atoms. The van der Waals surface area contributed by atoms with Crippen LogP contribution in [-0.4, -0.2) is 93.0 Å². The van der Waals surface area contributed by atoms with Crippen LogP contribution < -0.4 is 10.4 Å². The summed E-state index contributed by atoms with van der Waals surface area (Å²) in [5.74, 6) is 1.45. The smallest absolute Gasteiger partial charge is 0.345 e. The maximum Gasteiger partial charge on any atom is 0.345 e. The largest absolute Gasteiger partial charge is 0.492 e. The zero-order chi connectivity index (χ0) is 27.1. The number of para-hydroxylation sites is 2. The Morgan fingerprint density at radius 3 is 2.35 bits per heavy atom. The van der Waals surface area contributed by atoms with Crippen molar-refractivity contribution < 1.29 is 4.74 Å². The second-order valence-electron chi connectivity index (χ2n) is 11.2. The molecule has 40 heavy (non-hydrogen) atoms. The highest BCUT2D eigenvalue weighted by Crippen LogP contribution is 2.19. The standard InChI is InChI=1S/C31H41N7O2/c39-31-37(23-26-10-12-34(13-11-26)20-21-40-29-7-2-1-3-8-29)25-32-38(31)19-18-35-14-16-36(17-15-35)24-28-22-27-6-4-5-9-30(27)33-28/h1-9,22,25-26,33H,10-21,23-24H2. The Bertz CT molecular complexity index is 1360. The van der Waals surface area contributed by atoms with E-state index in [-0.39, 0.29) is 5.69 Å². The first-order valence-corrected chi connectivity index (χ1v) is 14.7. The maximum absolute atomic E-state index is 13.0. The summed E-state index contributed by atoms with van der Waals surface area (Å²) in [4.78, 5) is 24.0. The van der Waals surface area contributed by atoms with Crippen molar-refractivity contribution in [3.8, 4) is 5.75 Å². The molecule has 0 spiro atoms. The van der Waals surface area contributed by atoms with Crippen LogP contribution in [0.25, 0.3) is 10.9 Å². The molecule has 2 aliphatic heterocycles. The fourth-order valence-corrected chi connectivity index (χ4v) is 6.00. The van der Waals surface area contributed by atoms with Crippen LogP contribution in [0.1, 0.15) is 18.5 Å². The molecule has 2 aromatic carbocycles. The number of piperidine rings is 1. The molecule has 2 aliphatic rings. The van der Waals surface area contributed by atoms with Crippen LogP contribution in [0.5, 0.6) is 5.75 Å². The fourth-order valence-electron chi connectivity index (χ4n) is 6.00. The van der Waals surface area contributed by atoms with Crippen LogP contribution in [0.3, 0.4) is 0 Å². The Hall–Kier alpha value is -3.40. The van der Waals surface area contributed by atoms with Crippen molar-refractivity contribution in [2.75, 3.05) is 59.0 Å². The molecular weight excluding hydrogens is 502 g/mol. The van der Waals surface area contributed by atoms with Crippen molar-refractivity contribution in [1.82, 2.24) is 34.0 Å². The number of aromatic nitrogens is 4. The predicted molar refractivity (Wildman–Crippen MR) is 158 cm³/mol. The van der Waals surface area contributed by atoms with Gasteiger partial charge >= 0.3 is 5.69 Å². The van der Waals surface area contributed by atoms with E-state index in [1.165, 1.54) is 16.6 Å². The monoisotopic (exact) mass is 543 g/mol. The van der Waals surface area contributed by atoms with Crippen molar-refractivity contribution in [3.63, 3.8) is 0 Å². The minimum atomic E-state index is 0.0242. The number of hydrogen-bond acceptors (Lipinski definition) is 6. The summed E-state index contributed by atoms with van der Waals surface area (Å²) in [6, 6.07) is 20.7. The summed E-state index contributed by atoms with van der Waals surface area (Å²) in [6.45, 7) is 11.1. The lowest BCUT2D eigenvalue weighted by atomic mass is 9.97. The number of H-pyrrole nitrogens is 1. The molecule has 2 saturated heterocycles. The second kappa shape index (κ2) is 12.8. The lowest BCUT2D eigenvalue weighted by Crippen LogP contribution is -2.47. The average Bonchev–Trinajstić information content (AvgIpc) is 3.56. The highest BCUT2D eigenvalue weighted by atomic mass is 16.5. The number of nitrogens with zero attached hydrogens (tertiary/aromatic N) is 6. The van der Waals surface area contributed by atoms with Crippen LogP contribution in [0.2, 0.25) is 0 Å². The van der Waals surface area contributed by atoms with Gasteiger partial charge in [-0.25, -0.2) is 9.48 Å². The van der Waals surface area contributed by atoms with Gasteiger partial charge in [0.1, 0.15) is 18.7 Å². The number of piperazine rings is 1. The first-order valence-electron chi connectivity index (χ1n) is 14.7. The van der Waals surface area contributed by atoms with Crippen molar-refractivity contribution in [1.29, 1.82) is 0 Å². The lowest BCUT2D eigenvalue weighted by molar-refractivity contribution is 0.122. The quantitative estimate of drug-likeness (QED) is 0.313. The van der Waals surface area contributed by atoms with Crippen LogP contribution in [0.4, 0.5) is 0 Å². The minimum absolute atomic E-state index is 0.0242. The molecule has 4 aromatic rings. The minimum Gasteiger partial charge on any atom is -0.492 e. The molecule has 4 heterocycles. The summed E-state index contributed by atoms with van der Waals surface area (Å²) >= 11 is 0. The van der Waals surface area contributed by atoms with Gasteiger partial charge in [-0.15, -0.1) is 0 Å². The first kappa shape index (κ1) is 26.8. The summed E-state index contributed by atoms with van der Waals surface area (Å²) in [5.41, 5.74) is 2.50. The molecule has 0 unspecified atom stereocenters. The van der Waals surface area contributed by atoms with Crippen LogP contribution in [-0.2, 0) is 19.6 Å². The summed E-state index contributed by atoms with van der Waals surface area (Å²) in [6.07, 6.45) is 3.94. The van der Waals surface area contributed by atoms with Crippen LogP contribution in [0, 0.1) is 5.92 Å². The zero-order valence-corrected chi connectivity index (χ0v) is 23.3. The molecule has 0 atom stereocenters. The van der Waals surface area contributed by atoms with E-state index < -0.39 is 0 Å². The van der Waals surface area contributed by atoms with Gasteiger partial charge in [0.2, 0.25) is 0 Å². The predicted octanol–water partition coefficient (Wildman–Crippen LogP) is 3.13. The molecule has 0 aliphatic carbocycles. The van der Waals surface area contributed by atoms with E-state index in [4.69, 9.17) is 4.74 Å². The van der Waals surface area contributed by atoms with Gasteiger partial charge in [0.15, 0.2) is 0 Å². The Labute approximate surface area is 235 Å². The van der Waals surface area contributed by atoms with Crippen molar-refractivity contribution >= 4 is 10.9 Å². The number of nitrogens with one attached hydrogen (secondary N) is 1. The highest BCUT2D eigenvalue weighted by molar-refractivity contribution is 5.80. The van der Waals surface area contributed by atoms with Crippen LogP contribution >= 0.6 is 0 Å². The van der Waals surface area contributed by atoms with E-state index in [2.05, 4.69) is 55.1 Å². The van der Waals surface area contributed by atoms with Crippen LogP contribution in [0.15, 0.2) is 71.8 Å². The van der Waals surface area contributed by atoms with Gasteiger partial charge in [0.25, 0.3) is 0 Å². The topological polar surface area (TPSA) is 74.6 Å². The van der Waals surface area contributed by atoms with Gasteiger partial charge in [-0.05, 0) is 61.5 Å². The third-order valence-corrected chi connectivity index (χ3v) is 8.45. The number of likely N-dealkylation sites (tertiary alicyclic amines) is 1. The molecule has 2 fully saturated rings. The zero-order valence-electron chi connectivity index (χ0n) is 23.3. The second-order valence-corrected chi connectivity index (χ2v) is 11.2. The fraction of sp³-hybridized carbons (Fsp3) is 0.484. The lowest BCUT2D eigenvalue weighted by Gasteiger charge is -2.34. The van der Waals surface area contributed by atoms with E-state index in [0.717, 1.165) is 84.0 Å². The van der Waals surface area contributed by atoms with Gasteiger partial charge in [-0.2, -0.15) is 5.10 Å². The number of rotatable bonds is 11. The third kappa shape index (κ3) is 6.83. The Balaban J connectivity index is 0.892. The summed E-state index contributed by atoms with van der Waals surface area (Å²) in [5, 5.41) is 5.71. The number of fused-ring (bicyclic) bond motifs is 1. The Morgan fingerprint density at radius 2 is 1.55 bits per heavy atom. The Kier molecular flexibility index (Phi) is 8.61. The molecule has 0 radical (unpaired) electrons. The number of hydrogen-bond donors (Lipinski definition) is 1. The molecule has 0 saturated carbocycles. The third-order valence-electron chi connectivity index (χ3n) is 8.45. The molecule has 1 N–H and O–H groups in total. The van der Waals surface area contributed by atoms with Gasteiger partial charge in [0.05, 0.1) is 6.54 Å². The highest BCUT2D eigenvalue weighted by Gasteiger charge is 2.21. The Morgan fingerprint density at radius 1 is 0.825 bits per heavy atom. The number of benzene rings is 2. The normalized spacial score (nSPS) is 18.0. The van der Waals surface area contributed by atoms with Crippen molar-refractivity contribution in [2.24, 2.45) is 5.92 Å². The van der Waals surface area contributed by atoms with Gasteiger partial charge in [-0.1, -0.05) is 36.4 Å². The molecule has 9 heteroatoms. The maximum atomic E-state index is 13.0. The molecule has 212 valence electrons. The van der Waals surface area contributed by atoms with Gasteiger partial charge in [0, 0.05) is 63.6 Å². The number of aromatic amines is 1. The summed E-state index contributed by atoms with van der Waals surface area (Å²) in [7, 11) is 0. The number of ether oxygens (including phenoxy) is 1. The van der Waals surface area contributed by atoms with E-state index >= 15 is 0 Å². The van der Waals surface area contributed by atoms with E-state index in [0.29, 0.717) is 19.1 Å². The van der Waals surface area contributed by atoms with E-state index in [1.54, 1.807) is 11.0 Å². The van der Waals surface area contributed by atoms with Gasteiger partial charge < -0.3 is 9.72 Å². The SMILES string of the molecule is O=c1n(CC2CCN(CCOc3ccccc3)CC2)cnn1CCN1CCN(Cc2cc3ccccc3[nH]2)CC1. The molecular formula is C31H41N7O2. The molecule has 9 nitrogen and oxygen atoms in total. The molecule has 0 amide bonds. The first-order chi connectivity index (χ1) is 19.7. The van der Waals surface area contributed by atoms with E-state index in [9.17, 15) is 4.79 Å². The van der Waals surface area contributed by atoms with Crippen molar-refractivity contribution in [3.05, 3.63) is 83.2 Å². The molecule has 2 aromatic heterocycles. The van der Waals surface area contributed by atoms with E-state index in [1.807, 2.05) is 34.9 Å². The van der Waals surface area contributed by atoms with Gasteiger partial charge in [-0.3, -0.25) is 19.3 Å². The van der Waals surface area contributed by atoms with Crippen molar-refractivity contribution in [2.45, 2.75) is 32.5 Å². The average molecular weight is 544 g/mol. The molecule has 6 rings (SSSR count). The summed E-state index contributed by atoms with van der Waals surface area (Å²) < 4.78 is 9.31.